The minimum absolute atomic E-state index is 0.107. The van der Waals surface area contributed by atoms with Crippen molar-refractivity contribution in [2.45, 2.75) is 13.8 Å². The fourth-order valence-electron chi connectivity index (χ4n) is 2.53. The number of rotatable bonds is 5. The molecule has 5 nitrogen and oxygen atoms in total. The summed E-state index contributed by atoms with van der Waals surface area (Å²) in [6.45, 7) is 8.90. The van der Waals surface area contributed by atoms with E-state index < -0.39 is 0 Å². The van der Waals surface area contributed by atoms with E-state index in [1.54, 1.807) is 0 Å². The molecule has 0 radical (unpaired) electrons. The molecule has 0 atom stereocenters. The molecule has 1 aliphatic rings. The maximum Gasteiger partial charge on any atom is 0.250 e. The van der Waals surface area contributed by atoms with Gasteiger partial charge >= 0.3 is 0 Å². The van der Waals surface area contributed by atoms with Crippen molar-refractivity contribution in [2.24, 2.45) is 0 Å². The highest BCUT2D eigenvalue weighted by atomic mass is 16.5. The first-order valence-electron chi connectivity index (χ1n) is 7.52. The number of ether oxygens (including phenoxy) is 1. The second kappa shape index (κ2) is 7.43. The zero-order valence-electron chi connectivity index (χ0n) is 13.2. The summed E-state index contributed by atoms with van der Waals surface area (Å²) >= 11 is 0. The highest BCUT2D eigenvalue weighted by Crippen LogP contribution is 2.24. The summed E-state index contributed by atoms with van der Waals surface area (Å²) in [6, 6.07) is 6.08. The van der Waals surface area contributed by atoms with Gasteiger partial charge in [0, 0.05) is 44.2 Å². The summed E-state index contributed by atoms with van der Waals surface area (Å²) < 4.78 is 5.10. The van der Waals surface area contributed by atoms with Crippen molar-refractivity contribution in [1.82, 2.24) is 4.90 Å². The first kappa shape index (κ1) is 15.8. The van der Waals surface area contributed by atoms with Gasteiger partial charge in [-0.25, -0.2) is 0 Å². The van der Waals surface area contributed by atoms with E-state index in [0.29, 0.717) is 6.61 Å². The molecule has 1 heterocycles. The molecular formula is C16H25N3O2. The Balaban J connectivity index is 1.98. The van der Waals surface area contributed by atoms with Crippen molar-refractivity contribution >= 4 is 17.3 Å². The Bertz CT molecular complexity index is 482. The molecule has 1 fully saturated rings. The molecule has 1 amide bonds. The van der Waals surface area contributed by atoms with Crippen LogP contribution in [0.25, 0.3) is 0 Å². The van der Waals surface area contributed by atoms with E-state index in [4.69, 9.17) is 4.74 Å². The van der Waals surface area contributed by atoms with Gasteiger partial charge in [-0.15, -0.1) is 0 Å². The molecule has 1 aliphatic heterocycles. The largest absolute Gasteiger partial charge is 0.372 e. The number of likely N-dealkylation sites (N-methyl/N-ethyl adjacent to an activating group) is 1. The van der Waals surface area contributed by atoms with Crippen molar-refractivity contribution in [3.63, 3.8) is 0 Å². The predicted octanol–water partition coefficient (Wildman–Crippen LogP) is 1.72. The van der Waals surface area contributed by atoms with Gasteiger partial charge in [0.05, 0.1) is 0 Å². The summed E-state index contributed by atoms with van der Waals surface area (Å²) in [4.78, 5) is 16.4. The number of benzene rings is 1. The molecule has 116 valence electrons. The fraction of sp³-hybridized carbons (Fsp3) is 0.562. The summed E-state index contributed by atoms with van der Waals surface area (Å²) in [5.41, 5.74) is 3.27. The standard InChI is InChI=1S/C16H25N3O2/c1-4-21-12-16(20)17-14-5-6-15(13(2)11-14)19-9-7-18(3)8-10-19/h5-6,11H,4,7-10,12H2,1-3H3,(H,17,20). The van der Waals surface area contributed by atoms with E-state index in [1.807, 2.05) is 19.1 Å². The topological polar surface area (TPSA) is 44.8 Å². The van der Waals surface area contributed by atoms with Crippen molar-refractivity contribution in [3.05, 3.63) is 23.8 Å². The Labute approximate surface area is 126 Å². The highest BCUT2D eigenvalue weighted by molar-refractivity contribution is 5.92. The molecule has 0 aliphatic carbocycles. The molecule has 0 saturated carbocycles. The molecule has 0 aromatic heterocycles. The van der Waals surface area contributed by atoms with Gasteiger partial charge in [0.15, 0.2) is 0 Å². The van der Waals surface area contributed by atoms with Gasteiger partial charge in [0.2, 0.25) is 5.91 Å². The summed E-state index contributed by atoms with van der Waals surface area (Å²) in [5.74, 6) is -0.108. The lowest BCUT2D eigenvalue weighted by atomic mass is 10.1. The lowest BCUT2D eigenvalue weighted by Crippen LogP contribution is -2.44. The highest BCUT2D eigenvalue weighted by Gasteiger charge is 2.16. The van der Waals surface area contributed by atoms with Gasteiger partial charge in [0.25, 0.3) is 0 Å². The Kier molecular flexibility index (Phi) is 5.59. The van der Waals surface area contributed by atoms with E-state index in [1.165, 1.54) is 11.3 Å². The smallest absolute Gasteiger partial charge is 0.250 e. The summed E-state index contributed by atoms with van der Waals surface area (Å²) in [6.07, 6.45) is 0. The van der Waals surface area contributed by atoms with Crippen LogP contribution in [0.2, 0.25) is 0 Å². The van der Waals surface area contributed by atoms with Crippen LogP contribution in [0.15, 0.2) is 18.2 Å². The van der Waals surface area contributed by atoms with E-state index >= 15 is 0 Å². The molecule has 1 N–H and O–H groups in total. The maximum absolute atomic E-state index is 11.7. The van der Waals surface area contributed by atoms with Gasteiger partial charge in [0.1, 0.15) is 6.61 Å². The molecular weight excluding hydrogens is 266 g/mol. The second-order valence-corrected chi connectivity index (χ2v) is 5.48. The minimum Gasteiger partial charge on any atom is -0.372 e. The minimum atomic E-state index is -0.108. The van der Waals surface area contributed by atoms with E-state index in [2.05, 4.69) is 35.2 Å². The predicted molar refractivity (Wildman–Crippen MR) is 86.0 cm³/mol. The Morgan fingerprint density at radius 2 is 2.00 bits per heavy atom. The molecule has 21 heavy (non-hydrogen) atoms. The lowest BCUT2D eigenvalue weighted by molar-refractivity contribution is -0.120. The number of nitrogens with one attached hydrogen (secondary N) is 1. The van der Waals surface area contributed by atoms with Gasteiger partial charge < -0.3 is 19.9 Å². The molecule has 0 bridgehead atoms. The zero-order chi connectivity index (χ0) is 15.2. The zero-order valence-corrected chi connectivity index (χ0v) is 13.2. The number of carbonyl (C=O) groups is 1. The van der Waals surface area contributed by atoms with Crippen LogP contribution in [0.1, 0.15) is 12.5 Å². The normalized spacial score (nSPS) is 16.0. The quantitative estimate of drug-likeness (QED) is 0.897. The molecule has 1 saturated heterocycles. The Hall–Kier alpha value is -1.59. The SMILES string of the molecule is CCOCC(=O)Nc1ccc(N2CCN(C)CC2)c(C)c1. The van der Waals surface area contributed by atoms with Crippen molar-refractivity contribution in [2.75, 3.05) is 56.7 Å². The second-order valence-electron chi connectivity index (χ2n) is 5.48. The fourth-order valence-corrected chi connectivity index (χ4v) is 2.53. The number of aryl methyl sites for hydroxylation is 1. The number of hydrogen-bond acceptors (Lipinski definition) is 4. The van der Waals surface area contributed by atoms with Crippen LogP contribution in [0.3, 0.4) is 0 Å². The average Bonchev–Trinajstić information content (AvgIpc) is 2.46. The maximum atomic E-state index is 11.7. The number of anilines is 2. The first-order valence-corrected chi connectivity index (χ1v) is 7.52. The first-order chi connectivity index (χ1) is 10.1. The molecule has 1 aromatic rings. The van der Waals surface area contributed by atoms with Crippen molar-refractivity contribution < 1.29 is 9.53 Å². The van der Waals surface area contributed by atoms with E-state index in [9.17, 15) is 4.79 Å². The molecule has 1 aromatic carbocycles. The Morgan fingerprint density at radius 1 is 1.29 bits per heavy atom. The van der Waals surface area contributed by atoms with Crippen LogP contribution in [0.5, 0.6) is 0 Å². The average molecular weight is 291 g/mol. The molecule has 5 heteroatoms. The van der Waals surface area contributed by atoms with Crippen LogP contribution >= 0.6 is 0 Å². The number of hydrogen-bond donors (Lipinski definition) is 1. The van der Waals surface area contributed by atoms with Gasteiger partial charge in [-0.2, -0.15) is 0 Å². The van der Waals surface area contributed by atoms with Crippen LogP contribution in [-0.2, 0) is 9.53 Å². The van der Waals surface area contributed by atoms with Crippen molar-refractivity contribution in [1.29, 1.82) is 0 Å². The van der Waals surface area contributed by atoms with Gasteiger partial charge in [-0.3, -0.25) is 4.79 Å². The van der Waals surface area contributed by atoms with Crippen LogP contribution in [0, 0.1) is 6.92 Å². The molecule has 2 rings (SSSR count). The van der Waals surface area contributed by atoms with Crippen LogP contribution in [-0.4, -0.2) is 57.2 Å². The van der Waals surface area contributed by atoms with Gasteiger partial charge in [-0.05, 0) is 44.7 Å². The summed E-state index contributed by atoms with van der Waals surface area (Å²) in [5, 5.41) is 2.86. The van der Waals surface area contributed by atoms with E-state index in [-0.39, 0.29) is 12.5 Å². The Morgan fingerprint density at radius 3 is 2.62 bits per heavy atom. The number of nitrogens with zero attached hydrogens (tertiary/aromatic N) is 2. The van der Waals surface area contributed by atoms with Crippen LogP contribution < -0.4 is 10.2 Å². The summed E-state index contributed by atoms with van der Waals surface area (Å²) in [7, 11) is 2.15. The third-order valence-electron chi connectivity index (χ3n) is 3.76. The number of carbonyl (C=O) groups excluding carboxylic acids is 1. The lowest BCUT2D eigenvalue weighted by Gasteiger charge is -2.35. The van der Waals surface area contributed by atoms with Gasteiger partial charge in [-0.1, -0.05) is 0 Å². The van der Waals surface area contributed by atoms with Crippen molar-refractivity contribution in [3.8, 4) is 0 Å². The van der Waals surface area contributed by atoms with E-state index in [0.717, 1.165) is 31.9 Å². The third kappa shape index (κ3) is 4.44. The number of amides is 1. The van der Waals surface area contributed by atoms with Crippen LogP contribution in [0.4, 0.5) is 11.4 Å². The molecule has 0 unspecified atom stereocenters. The molecule has 0 spiro atoms. The number of piperazine rings is 1. The monoisotopic (exact) mass is 291 g/mol. The third-order valence-corrected chi connectivity index (χ3v) is 3.76.